The molecule has 1 aromatic carbocycles. The number of likely N-dealkylation sites (tertiary alicyclic amines) is 1. The molecule has 1 aliphatic carbocycles. The molecule has 1 saturated carbocycles. The number of carbonyl (C=O) groups excluding carboxylic acids is 1. The zero-order valence-electron chi connectivity index (χ0n) is 16.0. The molecule has 2 atom stereocenters. The third-order valence-electron chi connectivity index (χ3n) is 6.14. The van der Waals surface area contributed by atoms with Gasteiger partial charge < -0.3 is 10.2 Å². The summed E-state index contributed by atoms with van der Waals surface area (Å²) in [5, 5.41) is 4.45. The van der Waals surface area contributed by atoms with E-state index in [9.17, 15) is 4.79 Å². The van der Waals surface area contributed by atoms with Crippen LogP contribution in [0.2, 0.25) is 0 Å². The van der Waals surface area contributed by atoms with Crippen LogP contribution < -0.4 is 5.32 Å². The molecule has 3 heterocycles. The third kappa shape index (κ3) is 3.05. The summed E-state index contributed by atoms with van der Waals surface area (Å²) in [6, 6.07) is 10.9. The quantitative estimate of drug-likeness (QED) is 0.704. The number of carbonyl (C=O) groups is 1. The molecule has 1 saturated heterocycles. The summed E-state index contributed by atoms with van der Waals surface area (Å²) in [5.74, 6) is 1.72. The number of benzene rings is 1. The number of rotatable bonds is 5. The summed E-state index contributed by atoms with van der Waals surface area (Å²) in [4.78, 5) is 25.9. The smallest absolute Gasteiger partial charge is 0.264 e. The number of aryl methyl sites for hydroxylation is 1. The Balaban J connectivity index is 1.38. The summed E-state index contributed by atoms with van der Waals surface area (Å²) in [6.45, 7) is 3.75. The van der Waals surface area contributed by atoms with E-state index in [-0.39, 0.29) is 5.91 Å². The van der Waals surface area contributed by atoms with Crippen molar-refractivity contribution in [2.45, 2.75) is 38.6 Å². The minimum absolute atomic E-state index is 0.183. The van der Waals surface area contributed by atoms with Crippen molar-refractivity contribution in [2.75, 3.05) is 18.4 Å². The molecule has 6 heteroatoms. The van der Waals surface area contributed by atoms with Crippen LogP contribution in [-0.4, -0.2) is 39.9 Å². The van der Waals surface area contributed by atoms with Gasteiger partial charge >= 0.3 is 0 Å². The maximum atomic E-state index is 13.2. The van der Waals surface area contributed by atoms with Gasteiger partial charge in [-0.25, -0.2) is 9.97 Å². The maximum absolute atomic E-state index is 13.2. The lowest BCUT2D eigenvalue weighted by Gasteiger charge is -2.26. The molecule has 144 valence electrons. The number of fused-ring (bicyclic) bond motifs is 3. The van der Waals surface area contributed by atoms with Gasteiger partial charge in [0.2, 0.25) is 0 Å². The highest BCUT2D eigenvalue weighted by atomic mass is 32.1. The molecule has 0 spiro atoms. The van der Waals surface area contributed by atoms with Gasteiger partial charge in [0, 0.05) is 19.1 Å². The van der Waals surface area contributed by atoms with Crippen molar-refractivity contribution in [1.29, 1.82) is 0 Å². The standard InChI is InChI=1S/C22H24N4OS/c1-14-18-20(23-10-9-15-5-3-2-4-6-15)24-13-25-21(18)28-19(14)22(27)26-12-16-7-8-17(26)11-16/h2-6,13,16-17H,7-12H2,1H3,(H,23,24,25)/t16-,17-/m0/s1. The van der Waals surface area contributed by atoms with Gasteiger partial charge in [0.05, 0.1) is 10.3 Å². The van der Waals surface area contributed by atoms with Crippen LogP contribution in [-0.2, 0) is 6.42 Å². The number of anilines is 1. The van der Waals surface area contributed by atoms with E-state index in [1.807, 2.05) is 13.0 Å². The van der Waals surface area contributed by atoms with Gasteiger partial charge in [0.1, 0.15) is 17.0 Å². The molecule has 1 amide bonds. The van der Waals surface area contributed by atoms with Crippen LogP contribution in [0, 0.1) is 12.8 Å². The van der Waals surface area contributed by atoms with Gasteiger partial charge in [-0.2, -0.15) is 0 Å². The summed E-state index contributed by atoms with van der Waals surface area (Å²) in [5.41, 5.74) is 2.30. The topological polar surface area (TPSA) is 58.1 Å². The Bertz CT molecular complexity index is 1020. The minimum Gasteiger partial charge on any atom is -0.369 e. The SMILES string of the molecule is Cc1c(C(=O)N2C[C@H]3CC[C@H]2C3)sc2ncnc(NCCc3ccccc3)c12. The molecule has 1 aliphatic heterocycles. The lowest BCUT2D eigenvalue weighted by Crippen LogP contribution is -2.37. The van der Waals surface area contributed by atoms with Crippen LogP contribution in [0.15, 0.2) is 36.7 Å². The molecule has 2 fully saturated rings. The highest BCUT2D eigenvalue weighted by Crippen LogP contribution is 2.40. The Kier molecular flexibility index (Phi) is 4.51. The van der Waals surface area contributed by atoms with Gasteiger partial charge in [-0.1, -0.05) is 30.3 Å². The lowest BCUT2D eigenvalue weighted by molar-refractivity contribution is 0.0708. The predicted molar refractivity (Wildman–Crippen MR) is 113 cm³/mol. The second kappa shape index (κ2) is 7.17. The lowest BCUT2D eigenvalue weighted by atomic mass is 10.1. The normalized spacial score (nSPS) is 20.8. The Morgan fingerprint density at radius 3 is 2.86 bits per heavy atom. The van der Waals surface area contributed by atoms with Crippen LogP contribution in [0.4, 0.5) is 5.82 Å². The fourth-order valence-electron chi connectivity index (χ4n) is 4.68. The second-order valence-corrected chi connectivity index (χ2v) is 8.91. The molecule has 3 aromatic rings. The first-order valence-electron chi connectivity index (χ1n) is 10.0. The fraction of sp³-hybridized carbons (Fsp3) is 0.409. The summed E-state index contributed by atoms with van der Waals surface area (Å²) >= 11 is 1.51. The van der Waals surface area contributed by atoms with Crippen LogP contribution in [0.5, 0.6) is 0 Å². The van der Waals surface area contributed by atoms with Gasteiger partial charge in [-0.3, -0.25) is 4.79 Å². The van der Waals surface area contributed by atoms with E-state index >= 15 is 0 Å². The van der Waals surface area contributed by atoms with Crippen molar-refractivity contribution in [3.8, 4) is 0 Å². The number of hydrogen-bond donors (Lipinski definition) is 1. The van der Waals surface area contributed by atoms with E-state index in [0.29, 0.717) is 12.0 Å². The van der Waals surface area contributed by atoms with Crippen LogP contribution in [0.1, 0.15) is 40.1 Å². The summed E-state index contributed by atoms with van der Waals surface area (Å²) < 4.78 is 0. The van der Waals surface area contributed by atoms with Crippen LogP contribution >= 0.6 is 11.3 Å². The first-order chi connectivity index (χ1) is 13.7. The minimum atomic E-state index is 0.183. The van der Waals surface area contributed by atoms with Gasteiger partial charge in [-0.05, 0) is 49.7 Å². The van der Waals surface area contributed by atoms with Crippen LogP contribution in [0.25, 0.3) is 10.2 Å². The number of nitrogens with one attached hydrogen (secondary N) is 1. The van der Waals surface area contributed by atoms with Crippen molar-refractivity contribution in [2.24, 2.45) is 5.92 Å². The molecular formula is C22H24N4OS. The number of piperidine rings is 1. The van der Waals surface area contributed by atoms with Crippen molar-refractivity contribution in [3.05, 3.63) is 52.7 Å². The monoisotopic (exact) mass is 392 g/mol. The Morgan fingerprint density at radius 2 is 2.11 bits per heavy atom. The Labute approximate surface area is 168 Å². The van der Waals surface area contributed by atoms with E-state index in [1.165, 1.54) is 29.7 Å². The van der Waals surface area contributed by atoms with E-state index in [0.717, 1.165) is 52.4 Å². The predicted octanol–water partition coefficient (Wildman–Crippen LogP) is 4.28. The molecule has 28 heavy (non-hydrogen) atoms. The largest absolute Gasteiger partial charge is 0.369 e. The molecule has 2 bridgehead atoms. The summed E-state index contributed by atoms with van der Waals surface area (Å²) in [7, 11) is 0. The molecule has 1 N–H and O–H groups in total. The van der Waals surface area contributed by atoms with Gasteiger partial charge in [-0.15, -0.1) is 11.3 Å². The molecule has 2 aliphatic rings. The average Bonchev–Trinajstić information content (AvgIpc) is 3.43. The number of amides is 1. The molecular weight excluding hydrogens is 368 g/mol. The first-order valence-corrected chi connectivity index (χ1v) is 10.8. The molecule has 0 radical (unpaired) electrons. The van der Waals surface area contributed by atoms with E-state index < -0.39 is 0 Å². The number of hydrogen-bond acceptors (Lipinski definition) is 5. The number of aromatic nitrogens is 2. The highest BCUT2D eigenvalue weighted by molar-refractivity contribution is 7.20. The van der Waals surface area contributed by atoms with Crippen molar-refractivity contribution < 1.29 is 4.79 Å². The van der Waals surface area contributed by atoms with Gasteiger partial charge in [0.25, 0.3) is 5.91 Å². The van der Waals surface area contributed by atoms with E-state index in [1.54, 1.807) is 6.33 Å². The molecule has 2 aromatic heterocycles. The van der Waals surface area contributed by atoms with E-state index in [4.69, 9.17) is 0 Å². The zero-order valence-corrected chi connectivity index (χ0v) is 16.8. The zero-order chi connectivity index (χ0) is 19.1. The van der Waals surface area contributed by atoms with E-state index in [2.05, 4.69) is 44.5 Å². The van der Waals surface area contributed by atoms with Crippen LogP contribution in [0.3, 0.4) is 0 Å². The Morgan fingerprint density at radius 1 is 1.25 bits per heavy atom. The second-order valence-electron chi connectivity index (χ2n) is 7.91. The summed E-state index contributed by atoms with van der Waals surface area (Å²) in [6.07, 6.45) is 6.14. The number of thiophene rings is 1. The molecule has 5 rings (SSSR count). The maximum Gasteiger partial charge on any atom is 0.264 e. The van der Waals surface area contributed by atoms with Gasteiger partial charge in [0.15, 0.2) is 0 Å². The van der Waals surface area contributed by atoms with Crippen molar-refractivity contribution in [1.82, 2.24) is 14.9 Å². The molecule has 0 unspecified atom stereocenters. The van der Waals surface area contributed by atoms with Crippen molar-refractivity contribution >= 4 is 33.3 Å². The highest BCUT2D eigenvalue weighted by Gasteiger charge is 2.41. The Hall–Kier alpha value is -2.47. The average molecular weight is 393 g/mol. The fourth-order valence-corrected chi connectivity index (χ4v) is 5.79. The number of nitrogens with zero attached hydrogens (tertiary/aromatic N) is 3. The first kappa shape index (κ1) is 17.6. The van der Waals surface area contributed by atoms with Crippen molar-refractivity contribution in [3.63, 3.8) is 0 Å². The molecule has 5 nitrogen and oxygen atoms in total. The third-order valence-corrected chi connectivity index (χ3v) is 7.33.